The van der Waals surface area contributed by atoms with Crippen LogP contribution in [0.15, 0.2) is 0 Å². The van der Waals surface area contributed by atoms with Gasteiger partial charge in [0.05, 0.1) is 11.4 Å². The molecule has 0 spiro atoms. The van der Waals surface area contributed by atoms with E-state index in [9.17, 15) is 0 Å². The molecule has 0 aliphatic rings. The first-order valence-corrected chi connectivity index (χ1v) is 6.25. The van der Waals surface area contributed by atoms with Crippen molar-refractivity contribution in [2.45, 2.75) is 46.0 Å². The summed E-state index contributed by atoms with van der Waals surface area (Å²) in [5.41, 5.74) is 7.80. The highest BCUT2D eigenvalue weighted by Crippen LogP contribution is 2.22. The monoisotopic (exact) mass is 224 g/mol. The quantitative estimate of drug-likeness (QED) is 0.700. The number of hydrogen-bond donors (Lipinski definition) is 2. The van der Waals surface area contributed by atoms with Crippen LogP contribution in [0.5, 0.6) is 0 Å². The fraction of sp³-hybridized carbons (Fsp3) is 0.750. The largest absolute Gasteiger partial charge is 0.394 e. The Morgan fingerprint density at radius 1 is 1.25 bits per heavy atom. The van der Waals surface area contributed by atoms with Crippen LogP contribution in [0.4, 0.5) is 11.5 Å². The van der Waals surface area contributed by atoms with Gasteiger partial charge in [0.2, 0.25) is 0 Å². The molecule has 0 aliphatic carbocycles. The average Bonchev–Trinajstić information content (AvgIpc) is 2.55. The van der Waals surface area contributed by atoms with Crippen molar-refractivity contribution >= 4 is 11.5 Å². The molecule has 16 heavy (non-hydrogen) atoms. The molecule has 0 unspecified atom stereocenters. The third-order valence-electron chi connectivity index (χ3n) is 2.82. The first kappa shape index (κ1) is 12.9. The molecule has 1 aromatic heterocycles. The van der Waals surface area contributed by atoms with E-state index in [-0.39, 0.29) is 0 Å². The number of aromatic nitrogens is 2. The molecule has 4 nitrogen and oxygen atoms in total. The number of nitrogens with zero attached hydrogens (tertiary/aromatic N) is 2. The number of nitrogens with one attached hydrogen (secondary N) is 1. The number of hydrogen-bond acceptors (Lipinski definition) is 3. The third-order valence-corrected chi connectivity index (χ3v) is 2.82. The van der Waals surface area contributed by atoms with Crippen LogP contribution in [-0.2, 0) is 13.5 Å². The Morgan fingerprint density at radius 2 is 2.00 bits per heavy atom. The van der Waals surface area contributed by atoms with Gasteiger partial charge >= 0.3 is 0 Å². The van der Waals surface area contributed by atoms with Gasteiger partial charge in [-0.25, -0.2) is 0 Å². The summed E-state index contributed by atoms with van der Waals surface area (Å²) in [6.07, 6.45) is 5.94. The lowest BCUT2D eigenvalue weighted by Crippen LogP contribution is -2.07. The van der Waals surface area contributed by atoms with Crippen LogP contribution in [-0.4, -0.2) is 16.3 Å². The topological polar surface area (TPSA) is 55.9 Å². The standard InChI is InChI=1S/C12H24N4/c1-4-6-7-8-9-14-12-11(13)10(5-2)15-16(12)3/h14H,4-9,13H2,1-3H3. The zero-order chi connectivity index (χ0) is 12.0. The van der Waals surface area contributed by atoms with Crippen molar-refractivity contribution in [1.82, 2.24) is 9.78 Å². The van der Waals surface area contributed by atoms with E-state index in [0.717, 1.165) is 30.2 Å². The molecule has 1 aromatic rings. The van der Waals surface area contributed by atoms with Gasteiger partial charge in [-0.05, 0) is 12.8 Å². The van der Waals surface area contributed by atoms with Gasteiger partial charge in [-0.1, -0.05) is 33.1 Å². The molecule has 0 saturated carbocycles. The second-order valence-electron chi connectivity index (χ2n) is 4.17. The normalized spacial score (nSPS) is 10.7. The number of nitrogens with two attached hydrogens (primary N) is 1. The van der Waals surface area contributed by atoms with Gasteiger partial charge in [0.15, 0.2) is 0 Å². The lowest BCUT2D eigenvalue weighted by atomic mass is 10.2. The zero-order valence-corrected chi connectivity index (χ0v) is 10.7. The summed E-state index contributed by atoms with van der Waals surface area (Å²) in [6, 6.07) is 0. The van der Waals surface area contributed by atoms with Crippen LogP contribution in [0, 0.1) is 0 Å². The second-order valence-corrected chi connectivity index (χ2v) is 4.17. The molecular formula is C12H24N4. The number of rotatable bonds is 7. The van der Waals surface area contributed by atoms with Gasteiger partial charge in [0, 0.05) is 13.6 Å². The molecule has 0 amide bonds. The molecule has 1 heterocycles. The van der Waals surface area contributed by atoms with Crippen LogP contribution in [0.1, 0.15) is 45.2 Å². The van der Waals surface area contributed by atoms with E-state index >= 15 is 0 Å². The summed E-state index contributed by atoms with van der Waals surface area (Å²) in [5, 5.41) is 7.74. The Morgan fingerprint density at radius 3 is 2.56 bits per heavy atom. The first-order chi connectivity index (χ1) is 7.70. The van der Waals surface area contributed by atoms with Crippen molar-refractivity contribution in [2.75, 3.05) is 17.6 Å². The number of aryl methyl sites for hydroxylation is 2. The van der Waals surface area contributed by atoms with Gasteiger partial charge in [-0.3, -0.25) is 4.68 Å². The van der Waals surface area contributed by atoms with Crippen molar-refractivity contribution in [1.29, 1.82) is 0 Å². The molecule has 0 aromatic carbocycles. The number of anilines is 2. The van der Waals surface area contributed by atoms with E-state index in [2.05, 4.69) is 24.3 Å². The highest BCUT2D eigenvalue weighted by atomic mass is 15.3. The van der Waals surface area contributed by atoms with Crippen molar-refractivity contribution in [2.24, 2.45) is 7.05 Å². The Kier molecular flexibility index (Phi) is 5.15. The van der Waals surface area contributed by atoms with Crippen LogP contribution in [0.2, 0.25) is 0 Å². The fourth-order valence-corrected chi connectivity index (χ4v) is 1.83. The van der Waals surface area contributed by atoms with E-state index in [4.69, 9.17) is 5.73 Å². The van der Waals surface area contributed by atoms with Gasteiger partial charge in [-0.15, -0.1) is 0 Å². The molecule has 3 N–H and O–H groups in total. The fourth-order valence-electron chi connectivity index (χ4n) is 1.83. The molecule has 0 atom stereocenters. The third kappa shape index (κ3) is 3.15. The second kappa shape index (κ2) is 6.40. The zero-order valence-electron chi connectivity index (χ0n) is 10.7. The summed E-state index contributed by atoms with van der Waals surface area (Å²) >= 11 is 0. The van der Waals surface area contributed by atoms with Gasteiger partial charge in [0.1, 0.15) is 5.82 Å². The summed E-state index contributed by atoms with van der Waals surface area (Å²) in [4.78, 5) is 0. The SMILES string of the molecule is CCCCCCNc1c(N)c(CC)nn1C. The van der Waals surface area contributed by atoms with Crippen LogP contribution < -0.4 is 11.1 Å². The summed E-state index contributed by atoms with van der Waals surface area (Å²) in [6.45, 7) is 5.27. The van der Waals surface area contributed by atoms with Crippen LogP contribution in [0.3, 0.4) is 0 Å². The van der Waals surface area contributed by atoms with E-state index < -0.39 is 0 Å². The highest BCUT2D eigenvalue weighted by molar-refractivity contribution is 5.64. The predicted molar refractivity (Wildman–Crippen MR) is 69.6 cm³/mol. The smallest absolute Gasteiger partial charge is 0.147 e. The Labute approximate surface area is 98.2 Å². The molecule has 4 heteroatoms. The Hall–Kier alpha value is -1.19. The highest BCUT2D eigenvalue weighted by Gasteiger charge is 2.10. The van der Waals surface area contributed by atoms with E-state index in [0.29, 0.717) is 0 Å². The minimum absolute atomic E-state index is 0.806. The minimum atomic E-state index is 0.806. The van der Waals surface area contributed by atoms with Gasteiger partial charge < -0.3 is 11.1 Å². The summed E-state index contributed by atoms with van der Waals surface area (Å²) < 4.78 is 1.84. The lowest BCUT2D eigenvalue weighted by Gasteiger charge is -2.07. The number of unbranched alkanes of at least 4 members (excludes halogenated alkanes) is 3. The molecule has 0 radical (unpaired) electrons. The van der Waals surface area contributed by atoms with Gasteiger partial charge in [-0.2, -0.15) is 5.10 Å². The van der Waals surface area contributed by atoms with E-state index in [1.807, 2.05) is 11.7 Å². The molecule has 0 saturated heterocycles. The van der Waals surface area contributed by atoms with Crippen LogP contribution >= 0.6 is 0 Å². The molecule has 0 aliphatic heterocycles. The maximum Gasteiger partial charge on any atom is 0.147 e. The van der Waals surface area contributed by atoms with Crippen LogP contribution in [0.25, 0.3) is 0 Å². The Bertz CT molecular complexity index is 317. The molecule has 92 valence electrons. The molecule has 0 bridgehead atoms. The lowest BCUT2D eigenvalue weighted by molar-refractivity contribution is 0.679. The van der Waals surface area contributed by atoms with E-state index in [1.54, 1.807) is 0 Å². The minimum Gasteiger partial charge on any atom is -0.394 e. The Balaban J connectivity index is 2.44. The molecule has 1 rings (SSSR count). The number of nitrogen functional groups attached to an aromatic ring is 1. The summed E-state index contributed by atoms with van der Waals surface area (Å²) in [5.74, 6) is 0.966. The van der Waals surface area contributed by atoms with Crippen molar-refractivity contribution in [3.8, 4) is 0 Å². The first-order valence-electron chi connectivity index (χ1n) is 6.25. The summed E-state index contributed by atoms with van der Waals surface area (Å²) in [7, 11) is 1.93. The van der Waals surface area contributed by atoms with Crippen molar-refractivity contribution in [3.05, 3.63) is 5.69 Å². The molecular weight excluding hydrogens is 200 g/mol. The maximum absolute atomic E-state index is 6.01. The average molecular weight is 224 g/mol. The van der Waals surface area contributed by atoms with E-state index in [1.165, 1.54) is 25.7 Å². The maximum atomic E-state index is 6.01. The van der Waals surface area contributed by atoms with Crippen molar-refractivity contribution in [3.63, 3.8) is 0 Å². The van der Waals surface area contributed by atoms with Gasteiger partial charge in [0.25, 0.3) is 0 Å². The molecule has 0 fully saturated rings. The predicted octanol–water partition coefficient (Wildman–Crippen LogP) is 2.56. The van der Waals surface area contributed by atoms with Crippen molar-refractivity contribution < 1.29 is 0 Å².